The Labute approximate surface area is 114 Å². The zero-order valence-corrected chi connectivity index (χ0v) is 11.9. The fourth-order valence-corrected chi connectivity index (χ4v) is 2.52. The number of aromatic nitrogens is 1. The third-order valence-electron chi connectivity index (χ3n) is 3.85. The first kappa shape index (κ1) is 13.9. The lowest BCUT2D eigenvalue weighted by atomic mass is 9.99. The molecule has 0 unspecified atom stereocenters. The van der Waals surface area contributed by atoms with E-state index < -0.39 is 0 Å². The third-order valence-corrected chi connectivity index (χ3v) is 3.85. The number of nitrogens with two attached hydrogens (primary N) is 1. The van der Waals surface area contributed by atoms with Crippen LogP contribution in [0.15, 0.2) is 12.3 Å². The van der Waals surface area contributed by atoms with E-state index in [1.807, 2.05) is 7.05 Å². The Morgan fingerprint density at radius 2 is 2.16 bits per heavy atom. The van der Waals surface area contributed by atoms with E-state index in [0.717, 1.165) is 25.6 Å². The molecule has 5 nitrogen and oxygen atoms in total. The van der Waals surface area contributed by atoms with Gasteiger partial charge in [0.1, 0.15) is 5.69 Å². The molecule has 0 radical (unpaired) electrons. The number of carbonyl (C=O) groups is 1. The molecule has 0 atom stereocenters. The van der Waals surface area contributed by atoms with Gasteiger partial charge in [0.15, 0.2) is 0 Å². The fraction of sp³-hybridized carbons (Fsp3) is 0.643. The number of nitrogens with one attached hydrogen (secondary N) is 1. The van der Waals surface area contributed by atoms with Crippen LogP contribution in [0, 0.1) is 5.92 Å². The molecule has 1 fully saturated rings. The first-order chi connectivity index (χ1) is 9.06. The minimum atomic E-state index is -0.0513. The first-order valence-corrected chi connectivity index (χ1v) is 6.98. The number of hydrogen-bond donors (Lipinski definition) is 2. The standard InChI is InChI=1S/C14H24N4O/c1-11-3-6-18(7-4-11)8-5-16-14(19)13-9-12(15)10-17(13)2/h9-11H,3-8,15H2,1-2H3,(H,16,19). The first-order valence-electron chi connectivity index (χ1n) is 6.98. The molecule has 1 aliphatic heterocycles. The van der Waals surface area contributed by atoms with Crippen molar-refractivity contribution in [2.45, 2.75) is 19.8 Å². The Morgan fingerprint density at radius 1 is 1.47 bits per heavy atom. The SMILES string of the molecule is CC1CCN(CCNC(=O)c2cc(N)cn2C)CC1. The van der Waals surface area contributed by atoms with Crippen LogP contribution in [0.1, 0.15) is 30.3 Å². The predicted octanol–water partition coefficient (Wildman–Crippen LogP) is 1.07. The molecule has 0 aromatic carbocycles. The summed E-state index contributed by atoms with van der Waals surface area (Å²) in [7, 11) is 1.83. The summed E-state index contributed by atoms with van der Waals surface area (Å²) in [5.41, 5.74) is 6.91. The zero-order chi connectivity index (χ0) is 13.8. The molecule has 5 heteroatoms. The summed E-state index contributed by atoms with van der Waals surface area (Å²) in [4.78, 5) is 14.4. The van der Waals surface area contributed by atoms with E-state index in [0.29, 0.717) is 17.9 Å². The molecule has 1 aromatic rings. The molecule has 1 aromatic heterocycles. The van der Waals surface area contributed by atoms with Gasteiger partial charge in [-0.2, -0.15) is 0 Å². The van der Waals surface area contributed by atoms with Crippen molar-refractivity contribution in [2.24, 2.45) is 13.0 Å². The quantitative estimate of drug-likeness (QED) is 0.855. The third kappa shape index (κ3) is 3.73. The Kier molecular flexibility index (Phi) is 4.47. The molecule has 0 saturated carbocycles. The van der Waals surface area contributed by atoms with E-state index in [1.54, 1.807) is 16.8 Å². The lowest BCUT2D eigenvalue weighted by Crippen LogP contribution is -2.39. The summed E-state index contributed by atoms with van der Waals surface area (Å²) in [5.74, 6) is 0.793. The normalized spacial score (nSPS) is 17.6. The van der Waals surface area contributed by atoms with Crippen molar-refractivity contribution in [3.8, 4) is 0 Å². The van der Waals surface area contributed by atoms with Crippen LogP contribution < -0.4 is 11.1 Å². The lowest BCUT2D eigenvalue weighted by molar-refractivity contribution is 0.0936. The van der Waals surface area contributed by atoms with Crippen molar-refractivity contribution in [1.29, 1.82) is 0 Å². The van der Waals surface area contributed by atoms with E-state index in [2.05, 4.69) is 17.1 Å². The molecule has 106 valence electrons. The topological polar surface area (TPSA) is 63.3 Å². The maximum absolute atomic E-state index is 12.0. The molecule has 1 aliphatic rings. The average molecular weight is 264 g/mol. The van der Waals surface area contributed by atoms with E-state index >= 15 is 0 Å². The predicted molar refractivity (Wildman–Crippen MR) is 77.0 cm³/mol. The fourth-order valence-electron chi connectivity index (χ4n) is 2.52. The van der Waals surface area contributed by atoms with Crippen LogP contribution in [0.5, 0.6) is 0 Å². The van der Waals surface area contributed by atoms with Gasteiger partial charge in [-0.25, -0.2) is 0 Å². The molecular formula is C14H24N4O. The summed E-state index contributed by atoms with van der Waals surface area (Å²) >= 11 is 0. The smallest absolute Gasteiger partial charge is 0.268 e. The van der Waals surface area contributed by atoms with Crippen LogP contribution >= 0.6 is 0 Å². The highest BCUT2D eigenvalue weighted by Gasteiger charge is 2.16. The van der Waals surface area contributed by atoms with Crippen LogP contribution in [-0.2, 0) is 7.05 Å². The number of anilines is 1. The van der Waals surface area contributed by atoms with Gasteiger partial charge in [0.05, 0.1) is 5.69 Å². The highest BCUT2D eigenvalue weighted by atomic mass is 16.1. The van der Waals surface area contributed by atoms with Crippen LogP contribution in [0.25, 0.3) is 0 Å². The van der Waals surface area contributed by atoms with Crippen LogP contribution in [-0.4, -0.2) is 41.6 Å². The minimum absolute atomic E-state index is 0.0513. The Balaban J connectivity index is 1.74. The molecule has 2 rings (SSSR count). The number of nitrogens with zero attached hydrogens (tertiary/aromatic N) is 2. The summed E-state index contributed by atoms with van der Waals surface area (Å²) < 4.78 is 1.76. The van der Waals surface area contributed by atoms with Crippen molar-refractivity contribution >= 4 is 11.6 Å². The number of hydrogen-bond acceptors (Lipinski definition) is 3. The van der Waals surface area contributed by atoms with Crippen molar-refractivity contribution in [3.05, 3.63) is 18.0 Å². The highest BCUT2D eigenvalue weighted by molar-refractivity contribution is 5.93. The molecule has 1 saturated heterocycles. The van der Waals surface area contributed by atoms with Gasteiger partial charge in [-0.05, 0) is 37.9 Å². The van der Waals surface area contributed by atoms with Crippen LogP contribution in [0.4, 0.5) is 5.69 Å². The summed E-state index contributed by atoms with van der Waals surface area (Å²) in [5, 5.41) is 2.95. The van der Waals surface area contributed by atoms with Gasteiger partial charge < -0.3 is 20.5 Å². The Bertz CT molecular complexity index is 433. The van der Waals surface area contributed by atoms with Crippen molar-refractivity contribution in [1.82, 2.24) is 14.8 Å². The molecule has 2 heterocycles. The van der Waals surface area contributed by atoms with E-state index in [1.165, 1.54) is 12.8 Å². The second-order valence-corrected chi connectivity index (χ2v) is 5.55. The van der Waals surface area contributed by atoms with E-state index in [4.69, 9.17) is 5.73 Å². The Morgan fingerprint density at radius 3 is 2.74 bits per heavy atom. The number of likely N-dealkylation sites (tertiary alicyclic amines) is 1. The van der Waals surface area contributed by atoms with Gasteiger partial charge in [0, 0.05) is 26.3 Å². The van der Waals surface area contributed by atoms with Gasteiger partial charge in [-0.3, -0.25) is 4.79 Å². The second kappa shape index (κ2) is 6.10. The molecular weight excluding hydrogens is 240 g/mol. The van der Waals surface area contributed by atoms with E-state index in [-0.39, 0.29) is 5.91 Å². The largest absolute Gasteiger partial charge is 0.397 e. The van der Waals surface area contributed by atoms with Gasteiger partial charge >= 0.3 is 0 Å². The number of aryl methyl sites for hydroxylation is 1. The minimum Gasteiger partial charge on any atom is -0.397 e. The lowest BCUT2D eigenvalue weighted by Gasteiger charge is -2.30. The van der Waals surface area contributed by atoms with Gasteiger partial charge in [0.2, 0.25) is 0 Å². The van der Waals surface area contributed by atoms with Crippen LogP contribution in [0.3, 0.4) is 0 Å². The maximum Gasteiger partial charge on any atom is 0.268 e. The van der Waals surface area contributed by atoms with Crippen molar-refractivity contribution < 1.29 is 4.79 Å². The van der Waals surface area contributed by atoms with Crippen molar-refractivity contribution in [2.75, 3.05) is 31.9 Å². The molecule has 1 amide bonds. The summed E-state index contributed by atoms with van der Waals surface area (Å²) in [6.45, 7) is 6.22. The number of piperidine rings is 1. The van der Waals surface area contributed by atoms with Gasteiger partial charge in [-0.1, -0.05) is 6.92 Å². The summed E-state index contributed by atoms with van der Waals surface area (Å²) in [6.07, 6.45) is 4.28. The Hall–Kier alpha value is -1.49. The maximum atomic E-state index is 12.0. The monoisotopic (exact) mass is 264 g/mol. The number of rotatable bonds is 4. The zero-order valence-electron chi connectivity index (χ0n) is 11.9. The molecule has 0 spiro atoms. The molecule has 0 aliphatic carbocycles. The summed E-state index contributed by atoms with van der Waals surface area (Å²) in [6, 6.07) is 1.71. The van der Waals surface area contributed by atoms with Crippen LogP contribution in [0.2, 0.25) is 0 Å². The van der Waals surface area contributed by atoms with E-state index in [9.17, 15) is 4.79 Å². The molecule has 19 heavy (non-hydrogen) atoms. The second-order valence-electron chi connectivity index (χ2n) is 5.55. The van der Waals surface area contributed by atoms with Crippen molar-refractivity contribution in [3.63, 3.8) is 0 Å². The van der Waals surface area contributed by atoms with Gasteiger partial charge in [0.25, 0.3) is 5.91 Å². The average Bonchev–Trinajstić information content (AvgIpc) is 2.71. The molecule has 3 N–H and O–H groups in total. The number of nitrogen functional groups attached to an aromatic ring is 1. The number of carbonyl (C=O) groups excluding carboxylic acids is 1. The van der Waals surface area contributed by atoms with Gasteiger partial charge in [-0.15, -0.1) is 0 Å². The highest BCUT2D eigenvalue weighted by Crippen LogP contribution is 2.15. The number of amides is 1. The molecule has 0 bridgehead atoms.